The maximum Gasteiger partial charge on any atom is 0.246 e. The van der Waals surface area contributed by atoms with E-state index in [-0.39, 0.29) is 29.3 Å². The Kier molecular flexibility index (Phi) is 6.63. The monoisotopic (exact) mass is 320 g/mol. The first-order valence-corrected chi connectivity index (χ1v) is 7.21. The molecule has 5 nitrogen and oxygen atoms in total. The zero-order valence-corrected chi connectivity index (χ0v) is 12.5. The number of nitrogens with zero attached hydrogens (tertiary/aromatic N) is 1. The second kappa shape index (κ2) is 7.74. The molecule has 18 heavy (non-hydrogen) atoms. The summed E-state index contributed by atoms with van der Waals surface area (Å²) in [4.78, 5) is 25.1. The molecule has 2 amide bonds. The zero-order valence-electron chi connectivity index (χ0n) is 10.9. The Balaban J connectivity index is 2.32. The van der Waals surface area contributed by atoms with Gasteiger partial charge in [0.1, 0.15) is 6.61 Å². The highest BCUT2D eigenvalue weighted by molar-refractivity contribution is 9.10. The van der Waals surface area contributed by atoms with Crippen LogP contribution >= 0.6 is 15.9 Å². The lowest BCUT2D eigenvalue weighted by atomic mass is 10.0. The van der Waals surface area contributed by atoms with E-state index in [2.05, 4.69) is 21.2 Å². The zero-order chi connectivity index (χ0) is 13.5. The summed E-state index contributed by atoms with van der Waals surface area (Å²) >= 11 is 3.38. The maximum atomic E-state index is 11.9. The van der Waals surface area contributed by atoms with Gasteiger partial charge in [-0.15, -0.1) is 0 Å². The minimum absolute atomic E-state index is 0.0860. The van der Waals surface area contributed by atoms with Crippen molar-refractivity contribution in [2.24, 2.45) is 0 Å². The van der Waals surface area contributed by atoms with Gasteiger partial charge in [-0.25, -0.2) is 0 Å². The summed E-state index contributed by atoms with van der Waals surface area (Å²) in [5.41, 5.74) is 0. The molecule has 104 valence electrons. The molecule has 0 aliphatic carbocycles. The Bertz CT molecular complexity index is 291. The molecule has 0 aromatic heterocycles. The van der Waals surface area contributed by atoms with Gasteiger partial charge in [-0.2, -0.15) is 0 Å². The first kappa shape index (κ1) is 15.4. The van der Waals surface area contributed by atoms with Gasteiger partial charge in [-0.05, 0) is 19.3 Å². The summed E-state index contributed by atoms with van der Waals surface area (Å²) < 4.78 is 4.77. The van der Waals surface area contributed by atoms with Crippen molar-refractivity contribution in [3.63, 3.8) is 0 Å². The van der Waals surface area contributed by atoms with E-state index in [1.165, 1.54) is 7.11 Å². The molecule has 1 saturated heterocycles. The van der Waals surface area contributed by atoms with Crippen LogP contribution < -0.4 is 5.32 Å². The van der Waals surface area contributed by atoms with Crippen molar-refractivity contribution in [1.29, 1.82) is 0 Å². The second-order valence-corrected chi connectivity index (χ2v) is 5.58. The summed E-state index contributed by atoms with van der Waals surface area (Å²) in [6.07, 6.45) is 2.42. The van der Waals surface area contributed by atoms with Crippen molar-refractivity contribution in [3.05, 3.63) is 0 Å². The van der Waals surface area contributed by atoms with E-state index in [0.29, 0.717) is 13.1 Å². The summed E-state index contributed by atoms with van der Waals surface area (Å²) in [6.45, 7) is 3.49. The minimum Gasteiger partial charge on any atom is -0.375 e. The van der Waals surface area contributed by atoms with E-state index in [1.54, 1.807) is 0 Å². The van der Waals surface area contributed by atoms with E-state index in [4.69, 9.17) is 4.74 Å². The van der Waals surface area contributed by atoms with Gasteiger partial charge in [0.15, 0.2) is 0 Å². The number of piperidine rings is 1. The Labute approximate surface area is 116 Å². The third-order valence-electron chi connectivity index (χ3n) is 3.07. The SMILES string of the molecule is CCC(Br)C(=O)N1CCC(NC(=O)COC)CC1. The smallest absolute Gasteiger partial charge is 0.246 e. The lowest BCUT2D eigenvalue weighted by molar-refractivity contribution is -0.131. The Morgan fingerprint density at radius 1 is 1.44 bits per heavy atom. The van der Waals surface area contributed by atoms with Crippen molar-refractivity contribution in [2.45, 2.75) is 37.1 Å². The van der Waals surface area contributed by atoms with Crippen LogP contribution in [0, 0.1) is 0 Å². The number of methoxy groups -OCH3 is 1. The number of amides is 2. The van der Waals surface area contributed by atoms with Gasteiger partial charge < -0.3 is 15.0 Å². The van der Waals surface area contributed by atoms with Gasteiger partial charge >= 0.3 is 0 Å². The Morgan fingerprint density at radius 2 is 2.06 bits per heavy atom. The fourth-order valence-electron chi connectivity index (χ4n) is 2.02. The van der Waals surface area contributed by atoms with Crippen LogP contribution in [0.1, 0.15) is 26.2 Å². The molecular weight excluding hydrogens is 300 g/mol. The quantitative estimate of drug-likeness (QED) is 0.766. The molecule has 0 saturated carbocycles. The molecule has 1 rings (SSSR count). The third-order valence-corrected chi connectivity index (χ3v) is 4.11. The molecule has 1 aliphatic heterocycles. The average molecular weight is 321 g/mol. The van der Waals surface area contributed by atoms with E-state index < -0.39 is 0 Å². The van der Waals surface area contributed by atoms with E-state index in [0.717, 1.165) is 19.3 Å². The average Bonchev–Trinajstić information content (AvgIpc) is 2.38. The standard InChI is InChI=1S/C12H21BrN2O3/c1-3-10(13)12(17)15-6-4-9(5-7-15)14-11(16)8-18-2/h9-10H,3-8H2,1-2H3,(H,14,16). The van der Waals surface area contributed by atoms with E-state index >= 15 is 0 Å². The highest BCUT2D eigenvalue weighted by Crippen LogP contribution is 2.15. The van der Waals surface area contributed by atoms with E-state index in [9.17, 15) is 9.59 Å². The molecule has 1 atom stereocenters. The van der Waals surface area contributed by atoms with Crippen LogP contribution in [-0.2, 0) is 14.3 Å². The fourth-order valence-corrected chi connectivity index (χ4v) is 2.31. The number of likely N-dealkylation sites (tertiary alicyclic amines) is 1. The van der Waals surface area contributed by atoms with Crippen LogP contribution in [0.25, 0.3) is 0 Å². The molecule has 1 aliphatic rings. The van der Waals surface area contributed by atoms with Gasteiger partial charge in [0.2, 0.25) is 11.8 Å². The fraction of sp³-hybridized carbons (Fsp3) is 0.833. The lowest BCUT2D eigenvalue weighted by Crippen LogP contribution is -2.48. The molecule has 1 fully saturated rings. The minimum atomic E-state index is -0.0887. The maximum absolute atomic E-state index is 11.9. The molecule has 0 radical (unpaired) electrons. The van der Waals surface area contributed by atoms with Crippen molar-refractivity contribution in [1.82, 2.24) is 10.2 Å². The van der Waals surface area contributed by atoms with Crippen LogP contribution in [0.5, 0.6) is 0 Å². The number of carbonyl (C=O) groups is 2. The number of halogens is 1. The molecule has 1 heterocycles. The molecule has 0 aromatic carbocycles. The predicted octanol–water partition coefficient (Wildman–Crippen LogP) is 0.913. The Morgan fingerprint density at radius 3 is 2.56 bits per heavy atom. The molecule has 1 N–H and O–H groups in total. The Hall–Kier alpha value is -0.620. The molecule has 6 heteroatoms. The van der Waals surface area contributed by atoms with Crippen LogP contribution in [0.15, 0.2) is 0 Å². The molecule has 0 aromatic rings. The number of alkyl halides is 1. The first-order valence-electron chi connectivity index (χ1n) is 6.29. The highest BCUT2D eigenvalue weighted by atomic mass is 79.9. The second-order valence-electron chi connectivity index (χ2n) is 4.48. The van der Waals surface area contributed by atoms with Crippen LogP contribution in [0.3, 0.4) is 0 Å². The van der Waals surface area contributed by atoms with Crippen LogP contribution in [0.2, 0.25) is 0 Å². The summed E-state index contributed by atoms with van der Waals surface area (Å²) in [6, 6.07) is 0.159. The normalized spacial score (nSPS) is 18.5. The molecule has 0 spiro atoms. The van der Waals surface area contributed by atoms with Gasteiger partial charge in [0, 0.05) is 26.2 Å². The lowest BCUT2D eigenvalue weighted by Gasteiger charge is -2.33. The number of carbonyl (C=O) groups excluding carboxylic acids is 2. The number of ether oxygens (including phenoxy) is 1. The summed E-state index contributed by atoms with van der Waals surface area (Å²) in [7, 11) is 1.50. The third kappa shape index (κ3) is 4.57. The van der Waals surface area contributed by atoms with Crippen molar-refractivity contribution >= 4 is 27.7 Å². The highest BCUT2D eigenvalue weighted by Gasteiger charge is 2.26. The number of hydrogen-bond donors (Lipinski definition) is 1. The van der Waals surface area contributed by atoms with Gasteiger partial charge in [-0.3, -0.25) is 9.59 Å². The largest absolute Gasteiger partial charge is 0.375 e. The topological polar surface area (TPSA) is 58.6 Å². The number of hydrogen-bond acceptors (Lipinski definition) is 3. The number of nitrogens with one attached hydrogen (secondary N) is 1. The molecule has 0 bridgehead atoms. The first-order chi connectivity index (χ1) is 8.58. The van der Waals surface area contributed by atoms with Crippen LogP contribution in [0.4, 0.5) is 0 Å². The number of rotatable bonds is 5. The molecular formula is C12H21BrN2O3. The predicted molar refractivity (Wildman–Crippen MR) is 72.6 cm³/mol. The molecule has 1 unspecified atom stereocenters. The van der Waals surface area contributed by atoms with Gasteiger partial charge in [-0.1, -0.05) is 22.9 Å². The van der Waals surface area contributed by atoms with Gasteiger partial charge in [0.05, 0.1) is 4.83 Å². The van der Waals surface area contributed by atoms with Crippen molar-refractivity contribution < 1.29 is 14.3 Å². The van der Waals surface area contributed by atoms with E-state index in [1.807, 2.05) is 11.8 Å². The van der Waals surface area contributed by atoms with Crippen molar-refractivity contribution in [2.75, 3.05) is 26.8 Å². The van der Waals surface area contributed by atoms with Crippen molar-refractivity contribution in [3.8, 4) is 0 Å². The van der Waals surface area contributed by atoms with Crippen LogP contribution in [-0.4, -0.2) is 54.4 Å². The summed E-state index contributed by atoms with van der Waals surface area (Å²) in [5, 5.41) is 2.91. The van der Waals surface area contributed by atoms with Gasteiger partial charge in [0.25, 0.3) is 0 Å². The summed E-state index contributed by atoms with van der Waals surface area (Å²) in [5.74, 6) is 0.0633.